The molecule has 0 fully saturated rings. The van der Waals surface area contributed by atoms with Crippen molar-refractivity contribution < 1.29 is 9.59 Å². The number of anilines is 4. The molecule has 0 bridgehead atoms. The van der Waals surface area contributed by atoms with Crippen LogP contribution in [0.15, 0.2) is 83.6 Å². The standard InChI is InChI=1S/2C25H30N8OS/c2*1-15-26-18-11-12-35-20(18)23(27-15)29-22-17-13-33(25(2,3)21(17)30-31-22)24(34)28-19(14-32(4)5)16-9-7-6-8-10-16/h2*6-12,19H,13-14H2,1-5H3,(H,28,34)(H2,26,27,29,30,31)/t2*19-/m11/s1. The maximum atomic E-state index is 13.6. The lowest BCUT2D eigenvalue weighted by atomic mass is 10.0. The lowest BCUT2D eigenvalue weighted by Crippen LogP contribution is -2.48. The van der Waals surface area contributed by atoms with Crippen molar-refractivity contribution in [3.63, 3.8) is 0 Å². The molecule has 2 aliphatic heterocycles. The van der Waals surface area contributed by atoms with Gasteiger partial charge in [0.2, 0.25) is 0 Å². The highest BCUT2D eigenvalue weighted by Crippen LogP contribution is 2.43. The molecule has 20 heteroatoms. The predicted molar refractivity (Wildman–Crippen MR) is 278 cm³/mol. The van der Waals surface area contributed by atoms with Crippen LogP contribution in [0.2, 0.25) is 0 Å². The molecule has 8 aromatic rings. The van der Waals surface area contributed by atoms with E-state index in [9.17, 15) is 9.59 Å². The van der Waals surface area contributed by atoms with Crippen LogP contribution < -0.4 is 21.3 Å². The molecule has 0 unspecified atom stereocenters. The van der Waals surface area contributed by atoms with Gasteiger partial charge in [-0.1, -0.05) is 60.7 Å². The topological polar surface area (TPSA) is 204 Å². The quantitative estimate of drug-likeness (QED) is 0.0679. The fourth-order valence-corrected chi connectivity index (χ4v) is 10.8. The number of carbonyl (C=O) groups excluding carboxylic acids is 2. The Labute approximate surface area is 415 Å². The van der Waals surface area contributed by atoms with Gasteiger partial charge in [0.25, 0.3) is 0 Å². The van der Waals surface area contributed by atoms with Gasteiger partial charge in [0.05, 0.1) is 68.1 Å². The second-order valence-corrected chi connectivity index (χ2v) is 21.1. The van der Waals surface area contributed by atoms with Crippen molar-refractivity contribution in [1.82, 2.24) is 70.6 Å². The third-order valence-corrected chi connectivity index (χ3v) is 14.7. The van der Waals surface area contributed by atoms with Gasteiger partial charge in [-0.25, -0.2) is 29.5 Å². The van der Waals surface area contributed by atoms with Gasteiger partial charge in [-0.15, -0.1) is 22.7 Å². The number of thiophene rings is 2. The Morgan fingerprint density at radius 1 is 0.600 bits per heavy atom. The molecule has 2 aromatic carbocycles. The number of likely N-dealkylation sites (N-methyl/N-ethyl adjacent to an activating group) is 2. The number of hydrogen-bond acceptors (Lipinski definition) is 14. The molecule has 2 atom stereocenters. The van der Waals surface area contributed by atoms with E-state index in [1.54, 1.807) is 22.7 Å². The van der Waals surface area contributed by atoms with Crippen LogP contribution >= 0.6 is 22.7 Å². The Balaban J connectivity index is 0.000000174. The van der Waals surface area contributed by atoms with E-state index in [0.29, 0.717) is 49.5 Å². The summed E-state index contributed by atoms with van der Waals surface area (Å²) in [5.74, 6) is 4.22. The first-order valence-corrected chi connectivity index (χ1v) is 24.9. The average Bonchev–Trinajstić information content (AvgIpc) is 4.18. The molecule has 6 N–H and O–H groups in total. The summed E-state index contributed by atoms with van der Waals surface area (Å²) in [4.78, 5) is 53.2. The molecular weight excluding hydrogens is 921 g/mol. The summed E-state index contributed by atoms with van der Waals surface area (Å²) in [5, 5.41) is 32.7. The normalized spacial score (nSPS) is 15.4. The summed E-state index contributed by atoms with van der Waals surface area (Å²) in [6.45, 7) is 14.2. The van der Waals surface area contributed by atoms with E-state index < -0.39 is 11.1 Å². The number of benzene rings is 2. The minimum Gasteiger partial charge on any atom is -0.330 e. The third kappa shape index (κ3) is 9.63. The summed E-state index contributed by atoms with van der Waals surface area (Å²) in [6, 6.07) is 23.7. The summed E-state index contributed by atoms with van der Waals surface area (Å²) >= 11 is 3.18. The smallest absolute Gasteiger partial charge is 0.319 e. The summed E-state index contributed by atoms with van der Waals surface area (Å²) in [5.41, 5.74) is 6.65. The van der Waals surface area contributed by atoms with Crippen LogP contribution in [0.25, 0.3) is 20.4 Å². The second kappa shape index (κ2) is 19.4. The van der Waals surface area contributed by atoms with Gasteiger partial charge in [-0.05, 0) is 104 Å². The van der Waals surface area contributed by atoms with Crippen molar-refractivity contribution in [3.05, 3.63) is 129 Å². The lowest BCUT2D eigenvalue weighted by molar-refractivity contribution is 0.137. The summed E-state index contributed by atoms with van der Waals surface area (Å²) in [7, 11) is 8.04. The third-order valence-electron chi connectivity index (χ3n) is 12.8. The van der Waals surface area contributed by atoms with E-state index in [2.05, 4.69) is 71.4 Å². The molecule has 18 nitrogen and oxygen atoms in total. The highest BCUT2D eigenvalue weighted by Gasteiger charge is 2.46. The highest BCUT2D eigenvalue weighted by atomic mass is 32.1. The van der Waals surface area contributed by atoms with E-state index in [1.807, 2.05) is 163 Å². The van der Waals surface area contributed by atoms with Gasteiger partial charge in [-0.2, -0.15) is 10.2 Å². The Bertz CT molecular complexity index is 2930. The molecule has 0 spiro atoms. The minimum absolute atomic E-state index is 0.111. The van der Waals surface area contributed by atoms with E-state index in [4.69, 9.17) is 0 Å². The van der Waals surface area contributed by atoms with Crippen molar-refractivity contribution in [2.75, 3.05) is 51.9 Å². The average molecular weight is 981 g/mol. The number of aryl methyl sites for hydroxylation is 2. The Kier molecular flexibility index (Phi) is 13.3. The number of nitrogens with one attached hydrogen (secondary N) is 6. The van der Waals surface area contributed by atoms with Gasteiger partial charge < -0.3 is 40.9 Å². The van der Waals surface area contributed by atoms with Crippen molar-refractivity contribution in [2.45, 2.75) is 77.8 Å². The van der Waals surface area contributed by atoms with E-state index in [-0.39, 0.29) is 24.1 Å². The Morgan fingerprint density at radius 2 is 0.986 bits per heavy atom. The monoisotopic (exact) mass is 980 g/mol. The number of urea groups is 2. The summed E-state index contributed by atoms with van der Waals surface area (Å²) < 4.78 is 1.96. The summed E-state index contributed by atoms with van der Waals surface area (Å²) in [6.07, 6.45) is 0. The molecule has 2 aliphatic rings. The zero-order valence-corrected chi connectivity index (χ0v) is 42.8. The first-order chi connectivity index (χ1) is 33.5. The SMILES string of the molecule is Cc1nc(Nc2n[nH]c3c2CN(C(=O)N[C@H](CN(C)C)c2ccccc2)C3(C)C)c2sccc2n1.Cc1nc(Nc2n[nH]c3c2CN(C(=O)N[C@H](CN(C)C)c2ccccc2)C3(C)C)c2sccc2n1. The molecule has 0 aliphatic carbocycles. The number of carbonyl (C=O) groups is 2. The van der Waals surface area contributed by atoms with Gasteiger partial charge in [-0.3, -0.25) is 10.2 Å². The zero-order chi connectivity index (χ0) is 49.5. The number of H-pyrrole nitrogens is 2. The molecule has 8 heterocycles. The van der Waals surface area contributed by atoms with Crippen LogP contribution in [0, 0.1) is 13.8 Å². The van der Waals surface area contributed by atoms with Gasteiger partial charge in [0.15, 0.2) is 23.3 Å². The van der Waals surface area contributed by atoms with Crippen molar-refractivity contribution in [3.8, 4) is 0 Å². The molecular formula is C50H60N16O2S2. The van der Waals surface area contributed by atoms with Crippen LogP contribution in [0.5, 0.6) is 0 Å². The Hall–Kier alpha value is -7.00. The molecule has 0 saturated carbocycles. The zero-order valence-electron chi connectivity index (χ0n) is 41.2. The van der Waals surface area contributed by atoms with Gasteiger partial charge >= 0.3 is 12.1 Å². The molecule has 0 radical (unpaired) electrons. The molecule has 10 rings (SSSR count). The van der Waals surface area contributed by atoms with Crippen molar-refractivity contribution in [1.29, 1.82) is 0 Å². The first-order valence-electron chi connectivity index (χ1n) is 23.2. The largest absolute Gasteiger partial charge is 0.330 e. The molecule has 6 aromatic heterocycles. The number of aromatic nitrogens is 8. The lowest BCUT2D eigenvalue weighted by Gasteiger charge is -2.34. The predicted octanol–water partition coefficient (Wildman–Crippen LogP) is 9.06. The number of rotatable bonds is 12. The fraction of sp³-hybridized carbons (Fsp3) is 0.360. The highest BCUT2D eigenvalue weighted by molar-refractivity contribution is 7.18. The van der Waals surface area contributed by atoms with E-state index in [1.165, 1.54) is 0 Å². The minimum atomic E-state index is -0.550. The number of amides is 4. The van der Waals surface area contributed by atoms with Crippen molar-refractivity contribution >= 4 is 78.4 Å². The first kappa shape index (κ1) is 48.0. The van der Waals surface area contributed by atoms with E-state index in [0.717, 1.165) is 65.7 Å². The van der Waals surface area contributed by atoms with Crippen LogP contribution in [0.1, 0.15) is 85.1 Å². The van der Waals surface area contributed by atoms with Crippen LogP contribution in [0.4, 0.5) is 32.9 Å². The van der Waals surface area contributed by atoms with Crippen LogP contribution in [-0.2, 0) is 24.2 Å². The molecule has 0 saturated heterocycles. The molecule has 70 heavy (non-hydrogen) atoms. The van der Waals surface area contributed by atoms with Crippen molar-refractivity contribution in [2.24, 2.45) is 0 Å². The van der Waals surface area contributed by atoms with Gasteiger partial charge in [0.1, 0.15) is 11.6 Å². The Morgan fingerprint density at radius 3 is 1.36 bits per heavy atom. The fourth-order valence-electron chi connectivity index (χ4n) is 9.27. The van der Waals surface area contributed by atoms with Crippen LogP contribution in [0.3, 0.4) is 0 Å². The number of hydrogen-bond donors (Lipinski definition) is 6. The second-order valence-electron chi connectivity index (χ2n) is 19.3. The van der Waals surface area contributed by atoms with E-state index >= 15 is 0 Å². The van der Waals surface area contributed by atoms with Crippen LogP contribution in [-0.4, -0.2) is 113 Å². The molecule has 364 valence electrons. The number of fused-ring (bicyclic) bond motifs is 4. The maximum absolute atomic E-state index is 13.6. The number of aromatic amines is 2. The maximum Gasteiger partial charge on any atom is 0.319 e. The van der Waals surface area contributed by atoms with Gasteiger partial charge in [0, 0.05) is 24.2 Å². The number of nitrogens with zero attached hydrogens (tertiary/aromatic N) is 10. The molecule has 4 amide bonds.